The van der Waals surface area contributed by atoms with Gasteiger partial charge in [0, 0.05) is 0 Å². The van der Waals surface area contributed by atoms with Gasteiger partial charge in [0.25, 0.3) is 0 Å². The number of benzene rings is 2. The van der Waals surface area contributed by atoms with Crippen LogP contribution >= 0.6 is 9.24 Å². The normalized spacial score (nSPS) is 18.9. The lowest BCUT2D eigenvalue weighted by Crippen LogP contribution is -2.42. The molecule has 2 aromatic carbocycles. The molecule has 0 amide bonds. The third-order valence-electron chi connectivity index (χ3n) is 4.57. The summed E-state index contributed by atoms with van der Waals surface area (Å²) in [7, 11) is 2.66. The minimum absolute atomic E-state index is 0.120. The minimum Gasteiger partial charge on any atom is -0.380 e. The monoisotopic (exact) mass is 317 g/mol. The summed E-state index contributed by atoms with van der Waals surface area (Å²) in [6.07, 6.45) is 1.80. The van der Waals surface area contributed by atoms with Crippen LogP contribution in [0.4, 0.5) is 4.39 Å². The van der Waals surface area contributed by atoms with Crippen LogP contribution in [0.5, 0.6) is 0 Å². The predicted molar refractivity (Wildman–Crippen MR) is 90.8 cm³/mol. The van der Waals surface area contributed by atoms with Crippen molar-refractivity contribution < 1.29 is 9.50 Å². The van der Waals surface area contributed by atoms with E-state index in [-0.39, 0.29) is 11.7 Å². The van der Waals surface area contributed by atoms with Crippen LogP contribution in [-0.2, 0) is 5.60 Å². The molecule has 0 aliphatic carbocycles. The van der Waals surface area contributed by atoms with Crippen molar-refractivity contribution in [3.8, 4) is 0 Å². The van der Waals surface area contributed by atoms with Crippen LogP contribution < -0.4 is 10.6 Å². The molecule has 2 unspecified atom stereocenters. The Kier molecular flexibility index (Phi) is 4.58. The molecule has 0 spiro atoms. The van der Waals surface area contributed by atoms with E-state index >= 15 is 0 Å². The van der Waals surface area contributed by atoms with Crippen LogP contribution in [0, 0.1) is 11.7 Å². The van der Waals surface area contributed by atoms with Crippen LogP contribution in [0.2, 0.25) is 0 Å². The van der Waals surface area contributed by atoms with Crippen molar-refractivity contribution in [2.24, 2.45) is 5.92 Å². The fourth-order valence-corrected chi connectivity index (χ4v) is 3.51. The molecule has 116 valence electrons. The summed E-state index contributed by atoms with van der Waals surface area (Å²) in [6.45, 7) is 1.80. The van der Waals surface area contributed by atoms with Crippen LogP contribution in [0.15, 0.2) is 48.5 Å². The zero-order chi connectivity index (χ0) is 15.6. The number of hydrogen-bond acceptors (Lipinski definition) is 2. The summed E-state index contributed by atoms with van der Waals surface area (Å²) in [5.74, 6) is -0.161. The number of halogens is 1. The van der Waals surface area contributed by atoms with Crippen molar-refractivity contribution in [3.05, 3.63) is 65.5 Å². The summed E-state index contributed by atoms with van der Waals surface area (Å²) in [5.41, 5.74) is 0.559. The average Bonchev–Trinajstić information content (AvgIpc) is 2.56. The van der Waals surface area contributed by atoms with Gasteiger partial charge in [0.2, 0.25) is 0 Å². The molecule has 2 atom stereocenters. The zero-order valence-corrected chi connectivity index (χ0v) is 13.6. The molecule has 4 heteroatoms. The second kappa shape index (κ2) is 6.45. The third kappa shape index (κ3) is 2.94. The van der Waals surface area contributed by atoms with Gasteiger partial charge in [-0.05, 0) is 60.4 Å². The highest BCUT2D eigenvalue weighted by Crippen LogP contribution is 2.40. The van der Waals surface area contributed by atoms with E-state index in [0.717, 1.165) is 42.4 Å². The summed E-state index contributed by atoms with van der Waals surface area (Å²) in [5, 5.41) is 16.0. The van der Waals surface area contributed by atoms with Gasteiger partial charge in [-0.15, -0.1) is 9.24 Å². The van der Waals surface area contributed by atoms with E-state index in [2.05, 4.69) is 14.6 Å². The standard InChI is InChI=1S/C18H21FNOP/c19-16-5-1-13(2-6-16)18(21,15-9-11-20-12-10-15)14-3-7-17(22)8-4-14/h1-8,15,20-21H,9-12,22H2. The fraction of sp³-hybridized carbons (Fsp3) is 0.333. The molecule has 0 aromatic heterocycles. The fourth-order valence-electron chi connectivity index (χ4n) is 3.32. The highest BCUT2D eigenvalue weighted by atomic mass is 31.0. The maximum absolute atomic E-state index is 13.3. The number of rotatable bonds is 3. The van der Waals surface area contributed by atoms with Crippen molar-refractivity contribution in [2.75, 3.05) is 13.1 Å². The Morgan fingerprint density at radius 3 is 2.00 bits per heavy atom. The molecule has 1 aliphatic rings. The van der Waals surface area contributed by atoms with E-state index in [1.54, 1.807) is 12.1 Å². The smallest absolute Gasteiger partial charge is 0.123 e. The largest absolute Gasteiger partial charge is 0.380 e. The van der Waals surface area contributed by atoms with Gasteiger partial charge in [0.1, 0.15) is 11.4 Å². The molecule has 22 heavy (non-hydrogen) atoms. The quantitative estimate of drug-likeness (QED) is 0.853. The Morgan fingerprint density at radius 1 is 0.955 bits per heavy atom. The first-order chi connectivity index (χ1) is 10.6. The third-order valence-corrected chi connectivity index (χ3v) is 4.95. The molecular weight excluding hydrogens is 296 g/mol. The lowest BCUT2D eigenvalue weighted by molar-refractivity contribution is 0.00233. The van der Waals surface area contributed by atoms with Gasteiger partial charge in [-0.1, -0.05) is 36.4 Å². The SMILES string of the molecule is OC(c1ccc(F)cc1)(c1ccc(P)cc1)C1CCNCC1. The molecule has 1 saturated heterocycles. The molecule has 1 aliphatic heterocycles. The van der Waals surface area contributed by atoms with Crippen molar-refractivity contribution >= 4 is 14.5 Å². The van der Waals surface area contributed by atoms with Crippen molar-refractivity contribution in [2.45, 2.75) is 18.4 Å². The number of nitrogens with one attached hydrogen (secondary N) is 1. The molecule has 2 nitrogen and oxygen atoms in total. The number of piperidine rings is 1. The zero-order valence-electron chi connectivity index (χ0n) is 12.4. The van der Waals surface area contributed by atoms with E-state index < -0.39 is 5.60 Å². The Bertz CT molecular complexity index is 575. The van der Waals surface area contributed by atoms with Crippen molar-refractivity contribution in [1.82, 2.24) is 5.32 Å². The van der Waals surface area contributed by atoms with E-state index in [1.807, 2.05) is 24.3 Å². The second-order valence-corrected chi connectivity index (χ2v) is 6.59. The molecule has 1 fully saturated rings. The molecule has 1 heterocycles. The Labute approximate surface area is 133 Å². The number of aliphatic hydroxyl groups is 1. The molecule has 0 saturated carbocycles. The highest BCUT2D eigenvalue weighted by molar-refractivity contribution is 7.27. The van der Waals surface area contributed by atoms with Crippen LogP contribution in [0.3, 0.4) is 0 Å². The predicted octanol–water partition coefficient (Wildman–Crippen LogP) is 2.56. The van der Waals surface area contributed by atoms with Crippen LogP contribution in [0.25, 0.3) is 0 Å². The molecule has 3 rings (SSSR count). The first-order valence-electron chi connectivity index (χ1n) is 7.66. The minimum atomic E-state index is -1.08. The van der Waals surface area contributed by atoms with Crippen molar-refractivity contribution in [1.29, 1.82) is 0 Å². The van der Waals surface area contributed by atoms with Gasteiger partial charge in [0.05, 0.1) is 0 Å². The van der Waals surface area contributed by atoms with Crippen LogP contribution in [-0.4, -0.2) is 18.2 Å². The van der Waals surface area contributed by atoms with Gasteiger partial charge in [-0.2, -0.15) is 0 Å². The lowest BCUT2D eigenvalue weighted by Gasteiger charge is -2.39. The first-order valence-corrected chi connectivity index (χ1v) is 8.23. The summed E-state index contributed by atoms with van der Waals surface area (Å²) < 4.78 is 13.3. The summed E-state index contributed by atoms with van der Waals surface area (Å²) >= 11 is 0. The average molecular weight is 317 g/mol. The molecule has 2 aromatic rings. The molecule has 0 radical (unpaired) electrons. The van der Waals surface area contributed by atoms with Gasteiger partial charge >= 0.3 is 0 Å². The van der Waals surface area contributed by atoms with E-state index in [0.29, 0.717) is 0 Å². The Morgan fingerprint density at radius 2 is 1.45 bits per heavy atom. The maximum Gasteiger partial charge on any atom is 0.123 e. The van der Waals surface area contributed by atoms with Crippen LogP contribution in [0.1, 0.15) is 24.0 Å². The molecular formula is C18H21FNOP. The number of hydrogen-bond donors (Lipinski definition) is 2. The molecule has 0 bridgehead atoms. The Balaban J connectivity index is 2.08. The van der Waals surface area contributed by atoms with Gasteiger partial charge in [0.15, 0.2) is 0 Å². The van der Waals surface area contributed by atoms with Gasteiger partial charge < -0.3 is 10.4 Å². The highest BCUT2D eigenvalue weighted by Gasteiger charge is 2.40. The summed E-state index contributed by atoms with van der Waals surface area (Å²) in [6, 6.07) is 14.1. The van der Waals surface area contributed by atoms with Crippen molar-refractivity contribution in [3.63, 3.8) is 0 Å². The van der Waals surface area contributed by atoms with E-state index in [4.69, 9.17) is 0 Å². The first kappa shape index (κ1) is 15.6. The van der Waals surface area contributed by atoms with E-state index in [1.165, 1.54) is 12.1 Å². The molecule has 2 N–H and O–H groups in total. The van der Waals surface area contributed by atoms with E-state index in [9.17, 15) is 9.50 Å². The topological polar surface area (TPSA) is 32.3 Å². The maximum atomic E-state index is 13.3. The van der Waals surface area contributed by atoms with Gasteiger partial charge in [-0.25, -0.2) is 4.39 Å². The van der Waals surface area contributed by atoms with Gasteiger partial charge in [-0.3, -0.25) is 0 Å². The lowest BCUT2D eigenvalue weighted by atomic mass is 9.72. The summed E-state index contributed by atoms with van der Waals surface area (Å²) in [4.78, 5) is 0. The Hall–Kier alpha value is -1.28. The second-order valence-electron chi connectivity index (χ2n) is 5.92.